The molecular weight excluding hydrogens is 240 g/mol. The Kier molecular flexibility index (Phi) is 4.96. The SMILES string of the molecule is CC(C)[C@@H](CO)Nc1cc(N2CCCCC2)ncn1. The van der Waals surface area contributed by atoms with Crippen molar-refractivity contribution < 1.29 is 5.11 Å². The summed E-state index contributed by atoms with van der Waals surface area (Å²) in [6, 6.07) is 2.01. The van der Waals surface area contributed by atoms with Crippen LogP contribution in [0.15, 0.2) is 12.4 Å². The third kappa shape index (κ3) is 3.80. The number of hydrogen-bond donors (Lipinski definition) is 2. The van der Waals surface area contributed by atoms with Crippen molar-refractivity contribution in [3.05, 3.63) is 12.4 Å². The zero-order chi connectivity index (χ0) is 13.7. The highest BCUT2D eigenvalue weighted by atomic mass is 16.3. The van der Waals surface area contributed by atoms with Gasteiger partial charge in [-0.1, -0.05) is 13.8 Å². The van der Waals surface area contributed by atoms with Crippen LogP contribution in [0.1, 0.15) is 33.1 Å². The van der Waals surface area contributed by atoms with Gasteiger partial charge in [0.1, 0.15) is 18.0 Å². The molecule has 0 spiro atoms. The molecule has 1 saturated heterocycles. The van der Waals surface area contributed by atoms with E-state index >= 15 is 0 Å². The molecule has 0 unspecified atom stereocenters. The Labute approximate surface area is 115 Å². The predicted molar refractivity (Wildman–Crippen MR) is 77.4 cm³/mol. The Morgan fingerprint density at radius 2 is 2.00 bits per heavy atom. The molecule has 106 valence electrons. The molecule has 2 heterocycles. The number of anilines is 2. The molecule has 1 aromatic rings. The van der Waals surface area contributed by atoms with E-state index in [1.165, 1.54) is 19.3 Å². The standard InChI is InChI=1S/C14H24N4O/c1-11(2)12(9-19)17-13-8-14(16-10-15-13)18-6-4-3-5-7-18/h8,10-12,19H,3-7,9H2,1-2H3,(H,15,16,17)/t12-/m1/s1. The van der Waals surface area contributed by atoms with E-state index in [4.69, 9.17) is 0 Å². The van der Waals surface area contributed by atoms with Crippen molar-refractivity contribution in [2.75, 3.05) is 29.9 Å². The monoisotopic (exact) mass is 264 g/mol. The van der Waals surface area contributed by atoms with Crippen LogP contribution in [-0.2, 0) is 0 Å². The minimum absolute atomic E-state index is 0.0316. The topological polar surface area (TPSA) is 61.3 Å². The molecule has 0 aliphatic carbocycles. The van der Waals surface area contributed by atoms with Gasteiger partial charge in [-0.15, -0.1) is 0 Å². The van der Waals surface area contributed by atoms with Gasteiger partial charge in [0, 0.05) is 19.2 Å². The molecular formula is C14H24N4O. The fourth-order valence-electron chi connectivity index (χ4n) is 2.33. The highest BCUT2D eigenvalue weighted by Gasteiger charge is 2.15. The molecule has 1 aliphatic rings. The summed E-state index contributed by atoms with van der Waals surface area (Å²) in [5.41, 5.74) is 0. The quantitative estimate of drug-likeness (QED) is 0.850. The van der Waals surface area contributed by atoms with E-state index in [1.807, 2.05) is 6.07 Å². The zero-order valence-corrected chi connectivity index (χ0v) is 11.8. The molecule has 1 fully saturated rings. The molecule has 0 amide bonds. The fourth-order valence-corrected chi connectivity index (χ4v) is 2.33. The lowest BCUT2D eigenvalue weighted by molar-refractivity contribution is 0.249. The first-order valence-electron chi connectivity index (χ1n) is 7.15. The second-order valence-electron chi connectivity index (χ2n) is 5.49. The van der Waals surface area contributed by atoms with Crippen LogP contribution in [0.4, 0.5) is 11.6 Å². The highest BCUT2D eigenvalue weighted by molar-refractivity contribution is 5.49. The summed E-state index contributed by atoms with van der Waals surface area (Å²) >= 11 is 0. The van der Waals surface area contributed by atoms with Crippen molar-refractivity contribution in [3.8, 4) is 0 Å². The van der Waals surface area contributed by atoms with Crippen LogP contribution >= 0.6 is 0 Å². The summed E-state index contributed by atoms with van der Waals surface area (Å²) < 4.78 is 0. The minimum Gasteiger partial charge on any atom is -0.394 e. The summed E-state index contributed by atoms with van der Waals surface area (Å²) in [4.78, 5) is 10.9. The first kappa shape index (κ1) is 14.1. The molecule has 19 heavy (non-hydrogen) atoms. The molecule has 1 aromatic heterocycles. The number of hydrogen-bond acceptors (Lipinski definition) is 5. The molecule has 2 rings (SSSR count). The summed E-state index contributed by atoms with van der Waals surface area (Å²) in [7, 11) is 0. The molecule has 2 N–H and O–H groups in total. The number of nitrogens with one attached hydrogen (secondary N) is 1. The van der Waals surface area contributed by atoms with E-state index in [-0.39, 0.29) is 12.6 Å². The van der Waals surface area contributed by atoms with Gasteiger partial charge >= 0.3 is 0 Å². The number of piperidine rings is 1. The van der Waals surface area contributed by atoms with Gasteiger partial charge in [0.2, 0.25) is 0 Å². The van der Waals surface area contributed by atoms with Crippen LogP contribution in [0.3, 0.4) is 0 Å². The maximum atomic E-state index is 9.36. The van der Waals surface area contributed by atoms with Crippen molar-refractivity contribution >= 4 is 11.6 Å². The lowest BCUT2D eigenvalue weighted by Crippen LogP contribution is -2.31. The summed E-state index contributed by atoms with van der Waals surface area (Å²) in [5.74, 6) is 2.14. The molecule has 0 saturated carbocycles. The van der Waals surface area contributed by atoms with Gasteiger partial charge in [0.25, 0.3) is 0 Å². The average Bonchev–Trinajstić information content (AvgIpc) is 2.45. The van der Waals surface area contributed by atoms with Crippen molar-refractivity contribution in [3.63, 3.8) is 0 Å². The third-order valence-corrected chi connectivity index (χ3v) is 3.67. The number of aromatic nitrogens is 2. The first-order chi connectivity index (χ1) is 9.20. The average molecular weight is 264 g/mol. The van der Waals surface area contributed by atoms with E-state index in [1.54, 1.807) is 6.33 Å². The van der Waals surface area contributed by atoms with Crippen molar-refractivity contribution in [1.82, 2.24) is 9.97 Å². The van der Waals surface area contributed by atoms with Gasteiger partial charge < -0.3 is 15.3 Å². The van der Waals surface area contributed by atoms with Crippen LogP contribution in [0, 0.1) is 5.92 Å². The number of aliphatic hydroxyl groups is 1. The van der Waals surface area contributed by atoms with Gasteiger partial charge in [-0.3, -0.25) is 0 Å². The molecule has 5 heteroatoms. The Hall–Kier alpha value is -1.36. The molecule has 1 atom stereocenters. The maximum Gasteiger partial charge on any atom is 0.134 e. The number of rotatable bonds is 5. The zero-order valence-electron chi connectivity index (χ0n) is 11.8. The van der Waals surface area contributed by atoms with E-state index in [2.05, 4.69) is 34.0 Å². The first-order valence-corrected chi connectivity index (χ1v) is 7.15. The van der Waals surface area contributed by atoms with Crippen molar-refractivity contribution in [2.45, 2.75) is 39.2 Å². The minimum atomic E-state index is 0.0316. The van der Waals surface area contributed by atoms with Crippen LogP contribution in [0.25, 0.3) is 0 Å². The smallest absolute Gasteiger partial charge is 0.134 e. The lowest BCUT2D eigenvalue weighted by Gasteiger charge is -2.28. The van der Waals surface area contributed by atoms with Gasteiger partial charge in [-0.2, -0.15) is 0 Å². The normalized spacial score (nSPS) is 17.6. The molecule has 1 aliphatic heterocycles. The Balaban J connectivity index is 2.05. The number of nitrogens with zero attached hydrogens (tertiary/aromatic N) is 3. The summed E-state index contributed by atoms with van der Waals surface area (Å²) in [6.45, 7) is 6.43. The van der Waals surface area contributed by atoms with Crippen molar-refractivity contribution in [2.24, 2.45) is 5.92 Å². The summed E-state index contributed by atoms with van der Waals surface area (Å²) in [6.07, 6.45) is 5.38. The Bertz CT molecular complexity index is 391. The molecule has 0 aromatic carbocycles. The van der Waals surface area contributed by atoms with Gasteiger partial charge in [-0.05, 0) is 25.2 Å². The van der Waals surface area contributed by atoms with Crippen LogP contribution in [0.2, 0.25) is 0 Å². The van der Waals surface area contributed by atoms with Gasteiger partial charge in [-0.25, -0.2) is 9.97 Å². The number of aliphatic hydroxyl groups excluding tert-OH is 1. The molecule has 0 bridgehead atoms. The fraction of sp³-hybridized carbons (Fsp3) is 0.714. The van der Waals surface area contributed by atoms with Gasteiger partial charge in [0.15, 0.2) is 0 Å². The molecule has 0 radical (unpaired) electrons. The maximum absolute atomic E-state index is 9.36. The van der Waals surface area contributed by atoms with Crippen molar-refractivity contribution in [1.29, 1.82) is 0 Å². The Morgan fingerprint density at radius 3 is 2.63 bits per heavy atom. The lowest BCUT2D eigenvalue weighted by atomic mass is 10.1. The highest BCUT2D eigenvalue weighted by Crippen LogP contribution is 2.20. The van der Waals surface area contributed by atoms with E-state index in [9.17, 15) is 5.11 Å². The van der Waals surface area contributed by atoms with Gasteiger partial charge in [0.05, 0.1) is 12.6 Å². The van der Waals surface area contributed by atoms with E-state index in [0.29, 0.717) is 5.92 Å². The third-order valence-electron chi connectivity index (χ3n) is 3.67. The van der Waals surface area contributed by atoms with E-state index in [0.717, 1.165) is 24.7 Å². The molecule has 5 nitrogen and oxygen atoms in total. The van der Waals surface area contributed by atoms with Crippen LogP contribution in [0.5, 0.6) is 0 Å². The summed E-state index contributed by atoms with van der Waals surface area (Å²) in [5, 5.41) is 12.6. The largest absolute Gasteiger partial charge is 0.394 e. The predicted octanol–water partition coefficient (Wildman–Crippen LogP) is 1.90. The second kappa shape index (κ2) is 6.70. The van der Waals surface area contributed by atoms with Crippen LogP contribution < -0.4 is 10.2 Å². The van der Waals surface area contributed by atoms with Crippen LogP contribution in [-0.4, -0.2) is 40.8 Å². The second-order valence-corrected chi connectivity index (χ2v) is 5.49. The Morgan fingerprint density at radius 1 is 1.26 bits per heavy atom. The van der Waals surface area contributed by atoms with E-state index < -0.39 is 0 Å².